The quantitative estimate of drug-likeness (QED) is 0.800. The number of aryl methyl sites for hydroxylation is 2. The zero-order chi connectivity index (χ0) is 17.5. The van der Waals surface area contributed by atoms with Crippen LogP contribution in [-0.2, 0) is 17.2 Å². The Morgan fingerprint density at radius 2 is 1.83 bits per heavy atom. The molecule has 0 fully saturated rings. The maximum Gasteiger partial charge on any atom is 0.314 e. The van der Waals surface area contributed by atoms with Crippen molar-refractivity contribution in [2.75, 3.05) is 25.1 Å². The van der Waals surface area contributed by atoms with Crippen LogP contribution in [-0.4, -0.2) is 45.1 Å². The van der Waals surface area contributed by atoms with Crippen molar-refractivity contribution < 1.29 is 9.00 Å². The van der Waals surface area contributed by atoms with Crippen molar-refractivity contribution in [1.82, 2.24) is 20.4 Å². The number of rotatable bonds is 7. The highest BCUT2D eigenvalue weighted by Crippen LogP contribution is 2.13. The number of carbonyl (C=O) groups is 1. The van der Waals surface area contributed by atoms with E-state index in [2.05, 4.69) is 15.7 Å². The smallest absolute Gasteiger partial charge is 0.314 e. The zero-order valence-corrected chi connectivity index (χ0v) is 15.2. The third-order valence-corrected chi connectivity index (χ3v) is 4.34. The molecule has 24 heavy (non-hydrogen) atoms. The predicted octanol–water partition coefficient (Wildman–Crippen LogP) is 1.71. The Hall–Kier alpha value is -2.15. The molecule has 1 atom stereocenters. The topological polar surface area (TPSA) is 76.0 Å². The van der Waals surface area contributed by atoms with Gasteiger partial charge in [0.15, 0.2) is 0 Å². The Morgan fingerprint density at radius 3 is 2.42 bits per heavy atom. The van der Waals surface area contributed by atoms with Gasteiger partial charge >= 0.3 is 6.03 Å². The van der Waals surface area contributed by atoms with Crippen LogP contribution in [0.15, 0.2) is 30.3 Å². The summed E-state index contributed by atoms with van der Waals surface area (Å²) in [7, 11) is -0.885. The maximum atomic E-state index is 11.6. The van der Waals surface area contributed by atoms with Crippen LogP contribution < -0.4 is 10.6 Å². The number of hydrogen-bond acceptors (Lipinski definition) is 3. The number of hydrogen-bond donors (Lipinski definition) is 2. The van der Waals surface area contributed by atoms with Gasteiger partial charge in [0.2, 0.25) is 0 Å². The van der Waals surface area contributed by atoms with Crippen LogP contribution in [0.2, 0.25) is 0 Å². The minimum Gasteiger partial charge on any atom is -0.338 e. The van der Waals surface area contributed by atoms with Crippen LogP contribution in [0.1, 0.15) is 17.0 Å². The van der Waals surface area contributed by atoms with Gasteiger partial charge in [0.05, 0.1) is 11.4 Å². The van der Waals surface area contributed by atoms with Crippen LogP contribution >= 0.6 is 0 Å². The van der Waals surface area contributed by atoms with Gasteiger partial charge < -0.3 is 10.6 Å². The molecule has 0 bridgehead atoms. The summed E-state index contributed by atoms with van der Waals surface area (Å²) in [4.78, 5) is 11.6. The molecule has 0 saturated heterocycles. The van der Waals surface area contributed by atoms with Crippen LogP contribution in [0, 0.1) is 13.8 Å². The molecule has 0 radical (unpaired) electrons. The van der Waals surface area contributed by atoms with Gasteiger partial charge in [0.25, 0.3) is 0 Å². The molecule has 2 aromatic rings. The SMILES string of the molecule is Cc1cc(C)n(-c2ccc(CCNC(=O)NCC[S@@](C)=O)cc2)n1. The molecule has 0 saturated carbocycles. The lowest BCUT2D eigenvalue weighted by molar-refractivity contribution is 0.241. The lowest BCUT2D eigenvalue weighted by Crippen LogP contribution is -2.38. The van der Waals surface area contributed by atoms with E-state index >= 15 is 0 Å². The van der Waals surface area contributed by atoms with Gasteiger partial charge in [0.1, 0.15) is 0 Å². The van der Waals surface area contributed by atoms with Gasteiger partial charge in [-0.05, 0) is 44.0 Å². The molecule has 0 unspecified atom stereocenters. The Morgan fingerprint density at radius 1 is 1.17 bits per heavy atom. The molecule has 0 aliphatic carbocycles. The third kappa shape index (κ3) is 5.49. The minimum atomic E-state index is -0.885. The summed E-state index contributed by atoms with van der Waals surface area (Å²) in [6.45, 7) is 4.99. The van der Waals surface area contributed by atoms with Crippen LogP contribution in [0.4, 0.5) is 4.79 Å². The summed E-state index contributed by atoms with van der Waals surface area (Å²) >= 11 is 0. The van der Waals surface area contributed by atoms with E-state index in [0.29, 0.717) is 18.8 Å². The largest absolute Gasteiger partial charge is 0.338 e. The monoisotopic (exact) mass is 348 g/mol. The fourth-order valence-electron chi connectivity index (χ4n) is 2.39. The Balaban J connectivity index is 1.79. The van der Waals surface area contributed by atoms with E-state index in [1.54, 1.807) is 6.26 Å². The van der Waals surface area contributed by atoms with Crippen molar-refractivity contribution >= 4 is 16.8 Å². The fraction of sp³-hybridized carbons (Fsp3) is 0.412. The molecule has 6 nitrogen and oxygen atoms in total. The number of benzene rings is 1. The second-order valence-corrected chi connectivity index (χ2v) is 7.27. The molecule has 0 spiro atoms. The van der Waals surface area contributed by atoms with Crippen molar-refractivity contribution in [3.63, 3.8) is 0 Å². The standard InChI is InChI=1S/C17H24N4O2S/c1-13-12-14(2)21(20-13)16-6-4-15(5-7-16)8-9-18-17(22)19-10-11-24(3)23/h4-7,12H,8-11H2,1-3H3,(H2,18,19,22)/t24-/m1/s1. The van der Waals surface area contributed by atoms with Crippen LogP contribution in [0.3, 0.4) is 0 Å². The number of urea groups is 1. The highest BCUT2D eigenvalue weighted by atomic mass is 32.2. The summed E-state index contributed by atoms with van der Waals surface area (Å²) in [5, 5.41) is 9.95. The van der Waals surface area contributed by atoms with Gasteiger partial charge in [-0.25, -0.2) is 9.48 Å². The molecule has 0 aliphatic rings. The van der Waals surface area contributed by atoms with Gasteiger partial charge in [-0.2, -0.15) is 5.10 Å². The van der Waals surface area contributed by atoms with Crippen molar-refractivity contribution in [3.05, 3.63) is 47.3 Å². The number of nitrogens with one attached hydrogen (secondary N) is 2. The molecular weight excluding hydrogens is 324 g/mol. The average Bonchev–Trinajstić information content (AvgIpc) is 2.86. The Labute approximate surface area is 145 Å². The lowest BCUT2D eigenvalue weighted by Gasteiger charge is -2.08. The molecular formula is C17H24N4O2S. The van der Waals surface area contributed by atoms with E-state index in [-0.39, 0.29) is 6.03 Å². The average molecular weight is 348 g/mol. The number of carbonyl (C=O) groups excluding carboxylic acids is 1. The third-order valence-electron chi connectivity index (χ3n) is 3.56. The Kier molecular flexibility index (Phi) is 6.54. The summed E-state index contributed by atoms with van der Waals surface area (Å²) in [5.74, 6) is 0.473. The van der Waals surface area contributed by atoms with Gasteiger partial charge in [-0.1, -0.05) is 12.1 Å². The lowest BCUT2D eigenvalue weighted by atomic mass is 10.1. The highest BCUT2D eigenvalue weighted by molar-refractivity contribution is 7.84. The molecule has 7 heteroatoms. The van der Waals surface area contributed by atoms with Gasteiger partial charge in [-0.15, -0.1) is 0 Å². The molecule has 2 amide bonds. The van der Waals surface area contributed by atoms with Crippen molar-refractivity contribution in [2.24, 2.45) is 0 Å². The second-order valence-electron chi connectivity index (χ2n) is 5.72. The normalized spacial score (nSPS) is 12.0. The van der Waals surface area contributed by atoms with Crippen LogP contribution in [0.5, 0.6) is 0 Å². The number of nitrogens with zero attached hydrogens (tertiary/aromatic N) is 2. The zero-order valence-electron chi connectivity index (χ0n) is 14.3. The predicted molar refractivity (Wildman–Crippen MR) is 97.1 cm³/mol. The van der Waals surface area contributed by atoms with Gasteiger partial charge in [0, 0.05) is 41.6 Å². The van der Waals surface area contributed by atoms with E-state index in [1.165, 1.54) is 0 Å². The molecule has 1 aromatic heterocycles. The Bertz CT molecular complexity index is 710. The van der Waals surface area contributed by atoms with E-state index in [9.17, 15) is 9.00 Å². The van der Waals surface area contributed by atoms with Crippen molar-refractivity contribution in [3.8, 4) is 5.69 Å². The summed E-state index contributed by atoms with van der Waals surface area (Å²) < 4.78 is 12.8. The van der Waals surface area contributed by atoms with E-state index < -0.39 is 10.8 Å². The molecule has 1 heterocycles. The first-order chi connectivity index (χ1) is 11.5. The van der Waals surface area contributed by atoms with E-state index in [1.807, 2.05) is 48.9 Å². The summed E-state index contributed by atoms with van der Waals surface area (Å²) in [5.41, 5.74) is 4.28. The van der Waals surface area contributed by atoms with E-state index in [4.69, 9.17) is 0 Å². The van der Waals surface area contributed by atoms with Crippen molar-refractivity contribution in [2.45, 2.75) is 20.3 Å². The van der Waals surface area contributed by atoms with E-state index in [0.717, 1.165) is 29.1 Å². The first-order valence-corrected chi connectivity index (χ1v) is 9.63. The summed E-state index contributed by atoms with van der Waals surface area (Å²) in [6.07, 6.45) is 2.37. The molecule has 2 rings (SSSR count). The van der Waals surface area contributed by atoms with Crippen molar-refractivity contribution in [1.29, 1.82) is 0 Å². The number of aromatic nitrogens is 2. The van der Waals surface area contributed by atoms with Crippen LogP contribution in [0.25, 0.3) is 5.69 Å². The highest BCUT2D eigenvalue weighted by Gasteiger charge is 2.04. The van der Waals surface area contributed by atoms with Gasteiger partial charge in [-0.3, -0.25) is 4.21 Å². The maximum absolute atomic E-state index is 11.6. The fourth-order valence-corrected chi connectivity index (χ4v) is 2.77. The summed E-state index contributed by atoms with van der Waals surface area (Å²) in [6, 6.07) is 9.98. The number of amides is 2. The molecule has 0 aliphatic heterocycles. The molecule has 130 valence electrons. The first-order valence-electron chi connectivity index (χ1n) is 7.90. The molecule has 2 N–H and O–H groups in total. The molecule has 1 aromatic carbocycles. The second kappa shape index (κ2) is 8.63. The minimum absolute atomic E-state index is 0.222. The first kappa shape index (κ1) is 18.2.